The third-order valence-corrected chi connectivity index (χ3v) is 5.74. The Kier molecular flexibility index (Phi) is 4.72. The number of amides is 1. The number of aromatic nitrogens is 2. The van der Waals surface area contributed by atoms with Gasteiger partial charge in [-0.1, -0.05) is 24.3 Å². The van der Waals surface area contributed by atoms with E-state index in [1.807, 2.05) is 18.2 Å². The summed E-state index contributed by atoms with van der Waals surface area (Å²) in [7, 11) is 0. The summed E-state index contributed by atoms with van der Waals surface area (Å²) in [5.74, 6) is -0.0517. The molecule has 1 amide bonds. The van der Waals surface area contributed by atoms with Gasteiger partial charge in [0.25, 0.3) is 0 Å². The monoisotopic (exact) mass is 390 g/mol. The molecule has 0 N–H and O–H groups in total. The van der Waals surface area contributed by atoms with Crippen LogP contribution in [0.15, 0.2) is 42.9 Å². The molecule has 1 fully saturated rings. The highest BCUT2D eigenvalue weighted by molar-refractivity contribution is 5.77. The number of hydrogen-bond acceptors (Lipinski definition) is 4. The van der Waals surface area contributed by atoms with Gasteiger partial charge in [-0.25, -0.2) is 4.98 Å². The standard InChI is InChI=1S/C20H21F3N4O/c21-20(22,23)11-18(28)27-13-15-3-1-2-4-16(15)19(14-27)5-9-26(10-6-19)17-12-24-7-8-25-17/h1-4,7-8,12H,5-6,9-11,13-14H2. The minimum atomic E-state index is -4.49. The molecule has 0 unspecified atom stereocenters. The largest absolute Gasteiger partial charge is 0.397 e. The molecular weight excluding hydrogens is 369 g/mol. The summed E-state index contributed by atoms with van der Waals surface area (Å²) >= 11 is 0. The number of piperidine rings is 1. The highest BCUT2D eigenvalue weighted by Crippen LogP contribution is 2.42. The number of alkyl halides is 3. The van der Waals surface area contributed by atoms with Crippen molar-refractivity contribution in [3.8, 4) is 0 Å². The molecule has 0 aliphatic carbocycles. The van der Waals surface area contributed by atoms with Crippen molar-refractivity contribution >= 4 is 11.7 Å². The smallest absolute Gasteiger partial charge is 0.355 e. The number of fused-ring (bicyclic) bond motifs is 2. The summed E-state index contributed by atoms with van der Waals surface area (Å²) < 4.78 is 38.3. The first-order valence-corrected chi connectivity index (χ1v) is 9.30. The normalized spacial score (nSPS) is 18.8. The average molecular weight is 390 g/mol. The third-order valence-electron chi connectivity index (χ3n) is 5.74. The van der Waals surface area contributed by atoms with E-state index in [9.17, 15) is 18.0 Å². The number of carbonyl (C=O) groups excluding carboxylic acids is 1. The number of nitrogens with zero attached hydrogens (tertiary/aromatic N) is 4. The lowest BCUT2D eigenvalue weighted by atomic mass is 9.68. The summed E-state index contributed by atoms with van der Waals surface area (Å²) in [6.45, 7) is 2.00. The SMILES string of the molecule is O=C(CC(F)(F)F)N1Cc2ccccc2C2(CCN(c3cnccn3)CC2)C1. The van der Waals surface area contributed by atoms with E-state index in [1.54, 1.807) is 18.6 Å². The average Bonchev–Trinajstić information content (AvgIpc) is 2.68. The van der Waals surface area contributed by atoms with Gasteiger partial charge in [0.2, 0.25) is 5.91 Å². The topological polar surface area (TPSA) is 49.3 Å². The molecule has 2 aliphatic heterocycles. The molecule has 0 radical (unpaired) electrons. The molecule has 148 valence electrons. The fourth-order valence-corrected chi connectivity index (χ4v) is 4.39. The van der Waals surface area contributed by atoms with Gasteiger partial charge in [-0.2, -0.15) is 13.2 Å². The first-order chi connectivity index (χ1) is 13.4. The third kappa shape index (κ3) is 3.68. The summed E-state index contributed by atoms with van der Waals surface area (Å²) in [4.78, 5) is 24.3. The number of benzene rings is 1. The molecule has 2 aromatic rings. The zero-order valence-corrected chi connectivity index (χ0v) is 15.3. The van der Waals surface area contributed by atoms with E-state index in [2.05, 4.69) is 20.9 Å². The second kappa shape index (κ2) is 7.07. The van der Waals surface area contributed by atoms with E-state index in [1.165, 1.54) is 4.90 Å². The Morgan fingerprint density at radius 1 is 1.14 bits per heavy atom. The Morgan fingerprint density at radius 2 is 1.89 bits per heavy atom. The lowest BCUT2D eigenvalue weighted by Gasteiger charge is -2.49. The molecule has 0 atom stereocenters. The van der Waals surface area contributed by atoms with Gasteiger partial charge in [-0.15, -0.1) is 0 Å². The van der Waals surface area contributed by atoms with Gasteiger partial charge in [0.15, 0.2) is 0 Å². The van der Waals surface area contributed by atoms with Gasteiger partial charge in [-0.05, 0) is 24.0 Å². The molecule has 1 aromatic heterocycles. The lowest BCUT2D eigenvalue weighted by molar-refractivity contribution is -0.163. The summed E-state index contributed by atoms with van der Waals surface area (Å²) in [5, 5.41) is 0. The van der Waals surface area contributed by atoms with Crippen molar-refractivity contribution in [2.24, 2.45) is 0 Å². The van der Waals surface area contributed by atoms with Crippen LogP contribution in [0.4, 0.5) is 19.0 Å². The van der Waals surface area contributed by atoms with Gasteiger partial charge in [-0.3, -0.25) is 9.78 Å². The minimum Gasteiger partial charge on any atom is -0.355 e. The van der Waals surface area contributed by atoms with Crippen molar-refractivity contribution < 1.29 is 18.0 Å². The fourth-order valence-electron chi connectivity index (χ4n) is 4.39. The fraction of sp³-hybridized carbons (Fsp3) is 0.450. The number of halogens is 3. The second-order valence-corrected chi connectivity index (χ2v) is 7.53. The van der Waals surface area contributed by atoms with Crippen LogP contribution in [0.1, 0.15) is 30.4 Å². The first-order valence-electron chi connectivity index (χ1n) is 9.30. The molecule has 1 spiro atoms. The van der Waals surface area contributed by atoms with Crippen LogP contribution in [0.25, 0.3) is 0 Å². The van der Waals surface area contributed by atoms with Crippen molar-refractivity contribution in [3.05, 3.63) is 54.0 Å². The van der Waals surface area contributed by atoms with E-state index < -0.39 is 18.5 Å². The highest BCUT2D eigenvalue weighted by Gasteiger charge is 2.44. The van der Waals surface area contributed by atoms with Crippen LogP contribution in [0.3, 0.4) is 0 Å². The highest BCUT2D eigenvalue weighted by atomic mass is 19.4. The second-order valence-electron chi connectivity index (χ2n) is 7.53. The van der Waals surface area contributed by atoms with Crippen LogP contribution >= 0.6 is 0 Å². The predicted octanol–water partition coefficient (Wildman–Crippen LogP) is 3.31. The van der Waals surface area contributed by atoms with Crippen LogP contribution < -0.4 is 4.90 Å². The lowest BCUT2D eigenvalue weighted by Crippen LogP contribution is -2.53. The van der Waals surface area contributed by atoms with Gasteiger partial charge >= 0.3 is 6.18 Å². The molecule has 1 aromatic carbocycles. The Bertz CT molecular complexity index is 848. The van der Waals surface area contributed by atoms with Crippen LogP contribution in [-0.2, 0) is 16.8 Å². The zero-order chi connectivity index (χ0) is 19.8. The van der Waals surface area contributed by atoms with Crippen molar-refractivity contribution in [2.75, 3.05) is 24.5 Å². The Balaban J connectivity index is 1.58. The maximum absolute atomic E-state index is 12.8. The van der Waals surface area contributed by atoms with Crippen LogP contribution in [-0.4, -0.2) is 46.6 Å². The summed E-state index contributed by atoms with van der Waals surface area (Å²) in [6, 6.07) is 7.81. The van der Waals surface area contributed by atoms with Gasteiger partial charge in [0.05, 0.1) is 6.20 Å². The van der Waals surface area contributed by atoms with E-state index >= 15 is 0 Å². The van der Waals surface area contributed by atoms with Crippen molar-refractivity contribution in [3.63, 3.8) is 0 Å². The zero-order valence-electron chi connectivity index (χ0n) is 15.3. The van der Waals surface area contributed by atoms with E-state index in [4.69, 9.17) is 0 Å². The number of anilines is 1. The molecule has 0 bridgehead atoms. The molecule has 3 heterocycles. The van der Waals surface area contributed by atoms with E-state index in [0.29, 0.717) is 19.6 Å². The van der Waals surface area contributed by atoms with E-state index in [0.717, 1.165) is 29.8 Å². The van der Waals surface area contributed by atoms with Crippen molar-refractivity contribution in [1.29, 1.82) is 0 Å². The van der Waals surface area contributed by atoms with Crippen molar-refractivity contribution in [1.82, 2.24) is 14.9 Å². The quantitative estimate of drug-likeness (QED) is 0.790. The van der Waals surface area contributed by atoms with Gasteiger partial charge < -0.3 is 9.80 Å². The summed E-state index contributed by atoms with van der Waals surface area (Å²) in [6.07, 6.45) is 0.579. The number of rotatable bonds is 2. The first kappa shape index (κ1) is 18.7. The molecular formula is C20H21F3N4O. The molecule has 0 saturated carbocycles. The molecule has 8 heteroatoms. The minimum absolute atomic E-state index is 0.237. The predicted molar refractivity (Wildman–Crippen MR) is 97.7 cm³/mol. The molecule has 28 heavy (non-hydrogen) atoms. The van der Waals surface area contributed by atoms with Crippen LogP contribution in [0.2, 0.25) is 0 Å². The molecule has 1 saturated heterocycles. The Hall–Kier alpha value is -2.64. The summed E-state index contributed by atoms with van der Waals surface area (Å²) in [5.41, 5.74) is 1.77. The maximum Gasteiger partial charge on any atom is 0.397 e. The molecule has 4 rings (SSSR count). The van der Waals surface area contributed by atoms with Gasteiger partial charge in [0.1, 0.15) is 12.2 Å². The van der Waals surface area contributed by atoms with Crippen LogP contribution in [0.5, 0.6) is 0 Å². The maximum atomic E-state index is 12.8. The van der Waals surface area contributed by atoms with Crippen LogP contribution in [0, 0.1) is 0 Å². The Morgan fingerprint density at radius 3 is 2.57 bits per heavy atom. The number of hydrogen-bond donors (Lipinski definition) is 0. The molecule has 2 aliphatic rings. The molecule has 5 nitrogen and oxygen atoms in total. The Labute approximate surface area is 161 Å². The number of carbonyl (C=O) groups is 1. The van der Waals surface area contributed by atoms with Gasteiger partial charge in [0, 0.05) is 44.0 Å². The van der Waals surface area contributed by atoms with Crippen molar-refractivity contribution in [2.45, 2.75) is 37.4 Å². The van der Waals surface area contributed by atoms with E-state index in [-0.39, 0.29) is 12.0 Å².